The Labute approximate surface area is 145 Å². The molecule has 0 fully saturated rings. The third-order valence-corrected chi connectivity index (χ3v) is 4.20. The first-order valence-corrected chi connectivity index (χ1v) is 8.51. The molecule has 0 unspecified atom stereocenters. The number of fused-ring (bicyclic) bond motifs is 1. The van der Waals surface area contributed by atoms with Crippen LogP contribution in [0.15, 0.2) is 18.2 Å². The van der Waals surface area contributed by atoms with Gasteiger partial charge in [0.15, 0.2) is 0 Å². The maximum absolute atomic E-state index is 12.8. The monoisotopic (exact) mass is 389 g/mol. The van der Waals surface area contributed by atoms with Gasteiger partial charge in [-0.05, 0) is 23.4 Å². The van der Waals surface area contributed by atoms with Gasteiger partial charge in [0, 0.05) is 0 Å². The van der Waals surface area contributed by atoms with Crippen LogP contribution in [0.4, 0.5) is 13.2 Å². The van der Waals surface area contributed by atoms with Gasteiger partial charge in [0.1, 0.15) is 11.0 Å². The van der Waals surface area contributed by atoms with Crippen LogP contribution in [-0.4, -0.2) is 28.4 Å². The van der Waals surface area contributed by atoms with Crippen molar-refractivity contribution in [3.8, 4) is 12.1 Å². The van der Waals surface area contributed by atoms with Gasteiger partial charge in [0.05, 0.1) is 43.8 Å². The van der Waals surface area contributed by atoms with Gasteiger partial charge in [0.2, 0.25) is 0 Å². The van der Waals surface area contributed by atoms with Crippen molar-refractivity contribution in [1.82, 2.24) is 15.2 Å². The summed E-state index contributed by atoms with van der Waals surface area (Å²) in [6, 6.07) is 6.10. The molecule has 0 radical (unpaired) electrons. The summed E-state index contributed by atoms with van der Waals surface area (Å²) < 4.78 is 65.9. The second-order valence-corrected chi connectivity index (χ2v) is 6.25. The smallest absolute Gasteiger partial charge is 0.291 e. The molecule has 2 aromatic rings. The normalized spacial score (nSPS) is 11.9. The highest BCUT2D eigenvalue weighted by Crippen LogP contribution is 2.46. The van der Waals surface area contributed by atoms with Crippen LogP contribution in [0.3, 0.4) is 0 Å². The quantitative estimate of drug-likeness (QED) is 0.499. The van der Waals surface area contributed by atoms with Crippen LogP contribution < -0.4 is 4.62 Å². The number of alkyl halides is 3. The Bertz CT molecular complexity index is 878. The fourth-order valence-corrected chi connectivity index (χ4v) is 2.83. The highest BCUT2D eigenvalue weighted by molar-refractivity contribution is 7.48. The van der Waals surface area contributed by atoms with Crippen LogP contribution in [0.1, 0.15) is 18.4 Å². The van der Waals surface area contributed by atoms with E-state index in [2.05, 4.69) is 10.3 Å². The lowest BCUT2D eigenvalue weighted by atomic mass is 10.2. The van der Waals surface area contributed by atoms with Crippen molar-refractivity contribution in [2.75, 3.05) is 13.2 Å². The average Bonchev–Trinajstić information content (AvgIpc) is 2.97. The number of phosphoric acid groups is 1. The van der Waals surface area contributed by atoms with Crippen molar-refractivity contribution in [2.24, 2.45) is 0 Å². The zero-order chi connectivity index (χ0) is 19.2. The van der Waals surface area contributed by atoms with Crippen molar-refractivity contribution in [1.29, 1.82) is 10.5 Å². The van der Waals surface area contributed by atoms with Gasteiger partial charge in [0.25, 0.3) is 0 Å². The van der Waals surface area contributed by atoms with Crippen molar-refractivity contribution < 1.29 is 31.4 Å². The summed E-state index contributed by atoms with van der Waals surface area (Å²) in [7, 11) is -4.35. The molecule has 0 aliphatic heterocycles. The van der Waals surface area contributed by atoms with Crippen LogP contribution >= 0.6 is 7.82 Å². The Balaban J connectivity index is 2.30. The number of hydrogen-bond acceptors (Lipinski definition) is 8. The molecule has 0 N–H and O–H groups in total. The molecule has 0 aliphatic rings. The fourth-order valence-electron chi connectivity index (χ4n) is 1.72. The predicted molar refractivity (Wildman–Crippen MR) is 79.1 cm³/mol. The SMILES string of the molecule is N#CCCOP(=O)(OCCC#N)On1nnc2ccc(C(F)(F)F)cc21. The highest BCUT2D eigenvalue weighted by Gasteiger charge is 2.33. The highest BCUT2D eigenvalue weighted by atomic mass is 31.2. The Morgan fingerprint density at radius 2 is 1.77 bits per heavy atom. The lowest BCUT2D eigenvalue weighted by Gasteiger charge is -2.16. The molecule has 138 valence electrons. The first-order chi connectivity index (χ1) is 12.3. The molecule has 9 nitrogen and oxygen atoms in total. The van der Waals surface area contributed by atoms with Gasteiger partial charge in [-0.1, -0.05) is 4.85 Å². The maximum Gasteiger partial charge on any atom is 0.550 e. The largest absolute Gasteiger partial charge is 0.550 e. The molecule has 0 saturated carbocycles. The van der Waals surface area contributed by atoms with Crippen LogP contribution in [0.2, 0.25) is 0 Å². The summed E-state index contributed by atoms with van der Waals surface area (Å²) in [5.74, 6) is 0. The van der Waals surface area contributed by atoms with Gasteiger partial charge in [-0.25, -0.2) is 4.57 Å². The van der Waals surface area contributed by atoms with E-state index in [9.17, 15) is 17.7 Å². The third kappa shape index (κ3) is 4.92. The van der Waals surface area contributed by atoms with Gasteiger partial charge in [-0.3, -0.25) is 13.7 Å². The molecule has 0 saturated heterocycles. The first-order valence-electron chi connectivity index (χ1n) is 7.05. The van der Waals surface area contributed by atoms with E-state index in [0.717, 1.165) is 12.1 Å². The topological polar surface area (TPSA) is 123 Å². The number of benzene rings is 1. The van der Waals surface area contributed by atoms with Crippen molar-refractivity contribution in [2.45, 2.75) is 19.0 Å². The van der Waals surface area contributed by atoms with Gasteiger partial charge in [-0.2, -0.15) is 23.7 Å². The van der Waals surface area contributed by atoms with E-state index in [1.165, 1.54) is 0 Å². The van der Waals surface area contributed by atoms with E-state index in [1.54, 1.807) is 12.1 Å². The Morgan fingerprint density at radius 1 is 1.15 bits per heavy atom. The van der Waals surface area contributed by atoms with Crippen molar-refractivity contribution >= 4 is 18.9 Å². The summed E-state index contributed by atoms with van der Waals surface area (Å²) in [6.45, 7) is -0.637. The standard InChI is InChI=1S/C13H11F3N5O4P/c14-13(15,16)10-3-4-11-12(9-10)21(20-19-11)25-26(22,23-7-1-5-17)24-8-2-6-18/h3-4,9H,1-2,7-8H2. The van der Waals surface area contributed by atoms with E-state index >= 15 is 0 Å². The minimum Gasteiger partial charge on any atom is -0.291 e. The zero-order valence-electron chi connectivity index (χ0n) is 13.0. The summed E-state index contributed by atoms with van der Waals surface area (Å²) in [6.07, 6.45) is -4.88. The van der Waals surface area contributed by atoms with E-state index in [4.69, 9.17) is 24.2 Å². The number of aromatic nitrogens is 3. The van der Waals surface area contributed by atoms with Crippen LogP contribution in [0.5, 0.6) is 0 Å². The van der Waals surface area contributed by atoms with E-state index in [0.29, 0.717) is 10.9 Å². The van der Waals surface area contributed by atoms with Crippen molar-refractivity contribution in [3.05, 3.63) is 23.8 Å². The second kappa shape index (κ2) is 8.15. The molecule has 2 rings (SSSR count). The van der Waals surface area contributed by atoms with E-state index in [-0.39, 0.29) is 37.1 Å². The molecule has 0 atom stereocenters. The lowest BCUT2D eigenvalue weighted by molar-refractivity contribution is -0.137. The first kappa shape index (κ1) is 19.7. The molecule has 0 aliphatic carbocycles. The number of nitriles is 2. The Hall–Kier alpha value is -2.66. The number of hydrogen-bond donors (Lipinski definition) is 0. The molecular formula is C13H11F3N5O4P. The number of phosphoric ester groups is 1. The molecule has 26 heavy (non-hydrogen) atoms. The lowest BCUT2D eigenvalue weighted by Crippen LogP contribution is -2.15. The van der Waals surface area contributed by atoms with Gasteiger partial charge < -0.3 is 0 Å². The predicted octanol–water partition coefficient (Wildman–Crippen LogP) is 2.85. The molecule has 1 aromatic carbocycles. The van der Waals surface area contributed by atoms with Crippen LogP contribution in [0, 0.1) is 22.7 Å². The Kier molecular flexibility index (Phi) is 6.16. The second-order valence-electron chi connectivity index (χ2n) is 4.68. The minimum atomic E-state index is -4.61. The average molecular weight is 389 g/mol. The van der Waals surface area contributed by atoms with Crippen molar-refractivity contribution in [3.63, 3.8) is 0 Å². The fraction of sp³-hybridized carbons (Fsp3) is 0.385. The summed E-state index contributed by atoms with van der Waals surface area (Å²) in [5, 5.41) is 24.1. The molecule has 0 spiro atoms. The summed E-state index contributed by atoms with van der Waals surface area (Å²) in [5.41, 5.74) is -1.14. The summed E-state index contributed by atoms with van der Waals surface area (Å²) in [4.78, 5) is 0.490. The van der Waals surface area contributed by atoms with E-state index < -0.39 is 19.6 Å². The third-order valence-electron chi connectivity index (χ3n) is 2.85. The molecule has 1 aromatic heterocycles. The molecule has 13 heteroatoms. The molecular weight excluding hydrogens is 378 g/mol. The molecule has 0 bridgehead atoms. The van der Waals surface area contributed by atoms with Crippen LogP contribution in [0.25, 0.3) is 11.0 Å². The number of halogens is 3. The van der Waals surface area contributed by atoms with Crippen LogP contribution in [-0.2, 0) is 19.8 Å². The Morgan fingerprint density at radius 3 is 2.31 bits per heavy atom. The van der Waals surface area contributed by atoms with Gasteiger partial charge >= 0.3 is 14.0 Å². The maximum atomic E-state index is 12.8. The van der Waals surface area contributed by atoms with Gasteiger partial charge in [-0.15, -0.1) is 5.10 Å². The zero-order valence-corrected chi connectivity index (χ0v) is 13.9. The number of nitrogens with zero attached hydrogens (tertiary/aromatic N) is 5. The minimum absolute atomic E-state index is 0.0543. The number of rotatable bonds is 8. The van der Waals surface area contributed by atoms with E-state index in [1.807, 2.05) is 0 Å². The molecule has 1 heterocycles. The summed E-state index contributed by atoms with van der Waals surface area (Å²) >= 11 is 0. The molecule has 0 amide bonds.